The second-order valence-corrected chi connectivity index (χ2v) is 4.92. The van der Waals surface area contributed by atoms with Crippen LogP contribution in [-0.4, -0.2) is 37.3 Å². The van der Waals surface area contributed by atoms with Crippen LogP contribution in [0.2, 0.25) is 0 Å². The lowest BCUT2D eigenvalue weighted by Gasteiger charge is -2.27. The fraction of sp³-hybridized carbons (Fsp3) is 0.533. The van der Waals surface area contributed by atoms with Gasteiger partial charge in [-0.15, -0.1) is 6.58 Å². The molecular formula is C15H23N3O. The van der Waals surface area contributed by atoms with E-state index in [1.807, 2.05) is 12.3 Å². The number of morpholine rings is 1. The van der Waals surface area contributed by atoms with Crippen molar-refractivity contribution >= 4 is 11.5 Å². The van der Waals surface area contributed by atoms with E-state index in [0.717, 1.165) is 50.7 Å². The molecule has 0 amide bonds. The molecule has 4 nitrogen and oxygen atoms in total. The van der Waals surface area contributed by atoms with Crippen molar-refractivity contribution in [2.24, 2.45) is 0 Å². The molecule has 0 bridgehead atoms. The molecule has 1 atom stereocenters. The van der Waals surface area contributed by atoms with E-state index in [-0.39, 0.29) is 0 Å². The third-order valence-corrected chi connectivity index (χ3v) is 3.30. The molecule has 0 radical (unpaired) electrons. The fourth-order valence-electron chi connectivity index (χ4n) is 2.18. The van der Waals surface area contributed by atoms with Crippen LogP contribution < -0.4 is 10.2 Å². The Hall–Kier alpha value is -1.55. The first-order chi connectivity index (χ1) is 9.29. The Balaban J connectivity index is 1.88. The van der Waals surface area contributed by atoms with Crippen molar-refractivity contribution in [3.8, 4) is 0 Å². The number of nitrogens with one attached hydrogen (secondary N) is 1. The van der Waals surface area contributed by atoms with Crippen LogP contribution in [-0.2, 0) is 4.74 Å². The minimum Gasteiger partial charge on any atom is -0.381 e. The summed E-state index contributed by atoms with van der Waals surface area (Å²) in [6, 6.07) is 4.62. The van der Waals surface area contributed by atoms with Gasteiger partial charge in [0.15, 0.2) is 0 Å². The Morgan fingerprint density at radius 1 is 1.47 bits per heavy atom. The molecule has 2 rings (SSSR count). The van der Waals surface area contributed by atoms with E-state index < -0.39 is 0 Å². The van der Waals surface area contributed by atoms with Crippen molar-refractivity contribution < 1.29 is 4.74 Å². The maximum atomic E-state index is 5.35. The number of allylic oxidation sites excluding steroid dienone is 1. The van der Waals surface area contributed by atoms with E-state index in [1.54, 1.807) is 0 Å². The lowest BCUT2D eigenvalue weighted by atomic mass is 10.2. The van der Waals surface area contributed by atoms with Crippen molar-refractivity contribution in [2.45, 2.75) is 25.8 Å². The molecule has 1 fully saturated rings. The number of rotatable bonds is 6. The first-order valence-electron chi connectivity index (χ1n) is 6.96. The highest BCUT2D eigenvalue weighted by Crippen LogP contribution is 2.16. The standard InChI is InChI=1S/C15H23N3O/c1-3-4-5-13(2)17-14-6-7-15(16-12-14)18-8-10-19-11-9-18/h3,6-7,12-13,17H,1,4-5,8-11H2,2H3. The van der Waals surface area contributed by atoms with E-state index in [0.29, 0.717) is 6.04 Å². The van der Waals surface area contributed by atoms with Gasteiger partial charge in [-0.05, 0) is 31.9 Å². The van der Waals surface area contributed by atoms with Crippen LogP contribution in [0.5, 0.6) is 0 Å². The van der Waals surface area contributed by atoms with Crippen molar-refractivity contribution in [1.29, 1.82) is 0 Å². The predicted octanol–water partition coefficient (Wildman–Crippen LogP) is 2.68. The summed E-state index contributed by atoms with van der Waals surface area (Å²) >= 11 is 0. The summed E-state index contributed by atoms with van der Waals surface area (Å²) in [5, 5.41) is 3.45. The number of hydrogen-bond donors (Lipinski definition) is 1. The molecule has 1 N–H and O–H groups in total. The summed E-state index contributed by atoms with van der Waals surface area (Å²) < 4.78 is 5.35. The Morgan fingerprint density at radius 3 is 2.89 bits per heavy atom. The zero-order valence-electron chi connectivity index (χ0n) is 11.6. The Morgan fingerprint density at radius 2 is 2.26 bits per heavy atom. The number of nitrogens with zero attached hydrogens (tertiary/aromatic N) is 2. The van der Waals surface area contributed by atoms with Crippen LogP contribution >= 0.6 is 0 Å². The summed E-state index contributed by atoms with van der Waals surface area (Å²) in [7, 11) is 0. The van der Waals surface area contributed by atoms with Gasteiger partial charge in [0, 0.05) is 19.1 Å². The maximum absolute atomic E-state index is 5.35. The largest absolute Gasteiger partial charge is 0.381 e. The van der Waals surface area contributed by atoms with Gasteiger partial charge in [0.1, 0.15) is 5.82 Å². The zero-order chi connectivity index (χ0) is 13.5. The average molecular weight is 261 g/mol. The Labute approximate surface area is 115 Å². The molecule has 0 aliphatic carbocycles. The molecular weight excluding hydrogens is 238 g/mol. The zero-order valence-corrected chi connectivity index (χ0v) is 11.6. The van der Waals surface area contributed by atoms with E-state index >= 15 is 0 Å². The molecule has 1 aromatic heterocycles. The molecule has 1 aliphatic rings. The first kappa shape index (κ1) is 13.9. The smallest absolute Gasteiger partial charge is 0.128 e. The summed E-state index contributed by atoms with van der Waals surface area (Å²) in [6.45, 7) is 9.36. The third-order valence-electron chi connectivity index (χ3n) is 3.30. The number of ether oxygens (including phenoxy) is 1. The topological polar surface area (TPSA) is 37.4 Å². The minimum atomic E-state index is 0.439. The molecule has 0 spiro atoms. The second kappa shape index (κ2) is 7.14. The van der Waals surface area contributed by atoms with Crippen molar-refractivity contribution in [2.75, 3.05) is 36.5 Å². The number of hydrogen-bond acceptors (Lipinski definition) is 4. The van der Waals surface area contributed by atoms with Gasteiger partial charge in [-0.1, -0.05) is 6.08 Å². The maximum Gasteiger partial charge on any atom is 0.128 e. The summed E-state index contributed by atoms with van der Waals surface area (Å²) in [4.78, 5) is 6.78. The van der Waals surface area contributed by atoms with E-state index in [4.69, 9.17) is 4.74 Å². The van der Waals surface area contributed by atoms with E-state index in [2.05, 4.69) is 40.8 Å². The van der Waals surface area contributed by atoms with Crippen LogP contribution in [0, 0.1) is 0 Å². The Kier molecular flexibility index (Phi) is 5.21. The van der Waals surface area contributed by atoms with E-state index in [1.165, 1.54) is 0 Å². The van der Waals surface area contributed by atoms with Gasteiger partial charge in [0.25, 0.3) is 0 Å². The van der Waals surface area contributed by atoms with Gasteiger partial charge in [-0.2, -0.15) is 0 Å². The summed E-state index contributed by atoms with van der Waals surface area (Å²) in [6.07, 6.45) is 6.00. The van der Waals surface area contributed by atoms with Crippen molar-refractivity contribution in [3.63, 3.8) is 0 Å². The SMILES string of the molecule is C=CCCC(C)Nc1ccc(N2CCOCC2)nc1. The van der Waals surface area contributed by atoms with Gasteiger partial charge < -0.3 is 15.0 Å². The van der Waals surface area contributed by atoms with Crippen molar-refractivity contribution in [1.82, 2.24) is 4.98 Å². The monoisotopic (exact) mass is 261 g/mol. The van der Waals surface area contributed by atoms with Gasteiger partial charge in [0.05, 0.1) is 25.1 Å². The minimum absolute atomic E-state index is 0.439. The van der Waals surface area contributed by atoms with E-state index in [9.17, 15) is 0 Å². The molecule has 0 aromatic carbocycles. The first-order valence-corrected chi connectivity index (χ1v) is 6.96. The predicted molar refractivity (Wildman–Crippen MR) is 79.8 cm³/mol. The summed E-state index contributed by atoms with van der Waals surface area (Å²) in [5.74, 6) is 1.03. The molecule has 1 unspecified atom stereocenters. The van der Waals surface area contributed by atoms with Crippen LogP contribution in [0.15, 0.2) is 31.0 Å². The Bertz CT molecular complexity index is 385. The van der Waals surface area contributed by atoms with Crippen LogP contribution in [0.25, 0.3) is 0 Å². The fourth-order valence-corrected chi connectivity index (χ4v) is 2.18. The highest BCUT2D eigenvalue weighted by molar-refractivity contribution is 5.49. The van der Waals surface area contributed by atoms with Gasteiger partial charge >= 0.3 is 0 Å². The number of anilines is 2. The van der Waals surface area contributed by atoms with Gasteiger partial charge in [-0.3, -0.25) is 0 Å². The normalized spacial score (nSPS) is 17.0. The van der Waals surface area contributed by atoms with Gasteiger partial charge in [0.2, 0.25) is 0 Å². The summed E-state index contributed by atoms with van der Waals surface area (Å²) in [5.41, 5.74) is 1.08. The molecule has 19 heavy (non-hydrogen) atoms. The van der Waals surface area contributed by atoms with Crippen molar-refractivity contribution in [3.05, 3.63) is 31.0 Å². The van der Waals surface area contributed by atoms with Gasteiger partial charge in [-0.25, -0.2) is 4.98 Å². The number of aromatic nitrogens is 1. The molecule has 0 saturated carbocycles. The van der Waals surface area contributed by atoms with Crippen LogP contribution in [0.4, 0.5) is 11.5 Å². The molecule has 2 heterocycles. The molecule has 1 saturated heterocycles. The quantitative estimate of drug-likeness (QED) is 0.799. The highest BCUT2D eigenvalue weighted by Gasteiger charge is 2.12. The second-order valence-electron chi connectivity index (χ2n) is 4.92. The highest BCUT2D eigenvalue weighted by atomic mass is 16.5. The number of pyridine rings is 1. The molecule has 1 aliphatic heterocycles. The third kappa shape index (κ3) is 4.24. The molecule has 4 heteroatoms. The molecule has 1 aromatic rings. The lowest BCUT2D eigenvalue weighted by molar-refractivity contribution is 0.122. The lowest BCUT2D eigenvalue weighted by Crippen LogP contribution is -2.36. The molecule has 104 valence electrons. The average Bonchev–Trinajstić information content (AvgIpc) is 2.47. The van der Waals surface area contributed by atoms with Crippen LogP contribution in [0.3, 0.4) is 0 Å². The van der Waals surface area contributed by atoms with Crippen LogP contribution in [0.1, 0.15) is 19.8 Å².